The van der Waals surface area contributed by atoms with E-state index in [4.69, 9.17) is 5.11 Å². The summed E-state index contributed by atoms with van der Waals surface area (Å²) in [6, 6.07) is 15.5. The molecule has 2 rings (SSSR count). The Labute approximate surface area is 131 Å². The Balaban J connectivity index is 2.10. The summed E-state index contributed by atoms with van der Waals surface area (Å²) < 4.78 is 14.5. The number of rotatable bonds is 6. The van der Waals surface area contributed by atoms with Crippen LogP contribution in [0, 0.1) is 0 Å². The second-order valence-corrected chi connectivity index (χ2v) is 7.49. The molecule has 0 radical (unpaired) electrons. The fourth-order valence-corrected chi connectivity index (χ4v) is 2.73. The van der Waals surface area contributed by atoms with Crippen molar-refractivity contribution in [3.63, 3.8) is 0 Å². The van der Waals surface area contributed by atoms with E-state index in [1.54, 1.807) is 6.26 Å². The van der Waals surface area contributed by atoms with Gasteiger partial charge < -0.3 is 9.83 Å². The lowest BCUT2D eigenvalue weighted by atomic mass is 10.0. The molecule has 0 aliphatic rings. The molecule has 22 heavy (non-hydrogen) atoms. The standard InChI is InChI=1S/C17H19NO3S/c1-22(2,21)18-16-10-8-15(9-11-16)14-6-3-13(4-7-14)5-12-17(19)20/h3-4,6-11H,1,5,12H2,2H3,(H,18,21)(H,19,20). The van der Waals surface area contributed by atoms with Gasteiger partial charge in [0.2, 0.25) is 0 Å². The zero-order valence-electron chi connectivity index (χ0n) is 12.4. The number of carbonyl (C=O) groups is 1. The van der Waals surface area contributed by atoms with Gasteiger partial charge in [-0.05, 0) is 41.1 Å². The summed E-state index contributed by atoms with van der Waals surface area (Å²) in [7, 11) is -2.27. The maximum atomic E-state index is 11.6. The molecule has 2 aromatic rings. The molecule has 0 heterocycles. The van der Waals surface area contributed by atoms with Crippen LogP contribution in [0.5, 0.6) is 0 Å². The van der Waals surface area contributed by atoms with E-state index < -0.39 is 15.7 Å². The third-order valence-electron chi connectivity index (χ3n) is 3.13. The second-order valence-electron chi connectivity index (χ2n) is 5.28. The molecular weight excluding hydrogens is 298 g/mol. The number of nitrogens with one attached hydrogen (secondary N) is 1. The van der Waals surface area contributed by atoms with Gasteiger partial charge in [-0.2, -0.15) is 0 Å². The van der Waals surface area contributed by atoms with E-state index in [0.717, 1.165) is 22.4 Å². The lowest BCUT2D eigenvalue weighted by Crippen LogP contribution is -2.08. The first-order chi connectivity index (χ1) is 10.3. The molecule has 1 atom stereocenters. The van der Waals surface area contributed by atoms with Crippen LogP contribution in [-0.2, 0) is 20.9 Å². The van der Waals surface area contributed by atoms with Crippen LogP contribution in [0.25, 0.3) is 11.1 Å². The zero-order chi connectivity index (χ0) is 16.2. The van der Waals surface area contributed by atoms with Crippen LogP contribution in [0.2, 0.25) is 0 Å². The summed E-state index contributed by atoms with van der Waals surface area (Å²) in [5.74, 6) is 2.77. The second kappa shape index (κ2) is 6.66. The number of benzene rings is 2. The first-order valence-electron chi connectivity index (χ1n) is 6.85. The average Bonchev–Trinajstić information content (AvgIpc) is 2.45. The van der Waals surface area contributed by atoms with Gasteiger partial charge in [0.05, 0.1) is 0 Å². The molecule has 0 saturated heterocycles. The van der Waals surface area contributed by atoms with Crippen molar-refractivity contribution in [2.24, 2.45) is 0 Å². The summed E-state index contributed by atoms with van der Waals surface area (Å²) in [6.07, 6.45) is 2.23. The first-order valence-corrected chi connectivity index (χ1v) is 8.98. The largest absolute Gasteiger partial charge is 0.481 e. The smallest absolute Gasteiger partial charge is 0.303 e. The maximum Gasteiger partial charge on any atom is 0.303 e. The summed E-state index contributed by atoms with van der Waals surface area (Å²) >= 11 is 0. The average molecular weight is 317 g/mol. The zero-order valence-corrected chi connectivity index (χ0v) is 13.2. The van der Waals surface area contributed by atoms with Crippen molar-refractivity contribution < 1.29 is 14.1 Å². The Hall–Kier alpha value is -2.27. The molecule has 4 nitrogen and oxygen atoms in total. The van der Waals surface area contributed by atoms with Crippen molar-refractivity contribution >= 4 is 27.2 Å². The van der Waals surface area contributed by atoms with Crippen molar-refractivity contribution in [1.29, 1.82) is 0 Å². The third kappa shape index (κ3) is 4.93. The third-order valence-corrected chi connectivity index (χ3v) is 3.80. The van der Waals surface area contributed by atoms with E-state index in [1.807, 2.05) is 48.5 Å². The normalized spacial score (nSPS) is 13.3. The lowest BCUT2D eigenvalue weighted by molar-refractivity contribution is -0.136. The Kier molecular flexibility index (Phi) is 4.88. The summed E-state index contributed by atoms with van der Waals surface area (Å²) in [4.78, 5) is 10.6. The highest BCUT2D eigenvalue weighted by Crippen LogP contribution is 2.22. The molecule has 0 aromatic heterocycles. The molecular formula is C17H19NO3S. The van der Waals surface area contributed by atoms with Crippen molar-refractivity contribution in [2.75, 3.05) is 11.0 Å². The van der Waals surface area contributed by atoms with Gasteiger partial charge in [0.15, 0.2) is 0 Å². The van der Waals surface area contributed by atoms with Gasteiger partial charge in [0, 0.05) is 28.1 Å². The Morgan fingerprint density at radius 2 is 1.59 bits per heavy atom. The van der Waals surface area contributed by atoms with Crippen molar-refractivity contribution in [1.82, 2.24) is 0 Å². The first kappa shape index (κ1) is 16.1. The van der Waals surface area contributed by atoms with Gasteiger partial charge in [0.25, 0.3) is 0 Å². The van der Waals surface area contributed by atoms with Crippen LogP contribution in [0.3, 0.4) is 0 Å². The number of carboxylic acid groups (broad SMARTS) is 1. The minimum absolute atomic E-state index is 0.140. The van der Waals surface area contributed by atoms with Gasteiger partial charge in [-0.15, -0.1) is 0 Å². The van der Waals surface area contributed by atoms with E-state index in [0.29, 0.717) is 6.42 Å². The van der Waals surface area contributed by atoms with Crippen LogP contribution in [-0.4, -0.2) is 27.4 Å². The molecule has 0 amide bonds. The van der Waals surface area contributed by atoms with Gasteiger partial charge in [-0.25, -0.2) is 4.21 Å². The van der Waals surface area contributed by atoms with E-state index >= 15 is 0 Å². The molecule has 0 bridgehead atoms. The Morgan fingerprint density at radius 1 is 1.09 bits per heavy atom. The SMILES string of the molecule is C=S(C)(=O)Nc1ccc(-c2ccc(CCC(=O)O)cc2)cc1. The number of hydrogen-bond acceptors (Lipinski definition) is 2. The van der Waals surface area contributed by atoms with E-state index in [2.05, 4.69) is 10.6 Å². The fourth-order valence-electron chi connectivity index (χ4n) is 2.10. The highest BCUT2D eigenvalue weighted by molar-refractivity contribution is 8.00. The maximum absolute atomic E-state index is 11.6. The number of aliphatic carboxylic acids is 1. The lowest BCUT2D eigenvalue weighted by Gasteiger charge is -2.09. The van der Waals surface area contributed by atoms with Gasteiger partial charge >= 0.3 is 5.97 Å². The molecule has 0 aliphatic carbocycles. The summed E-state index contributed by atoms with van der Waals surface area (Å²) in [6.45, 7) is 0. The highest BCUT2D eigenvalue weighted by atomic mass is 32.2. The highest BCUT2D eigenvalue weighted by Gasteiger charge is 2.02. The Morgan fingerprint density at radius 3 is 2.05 bits per heavy atom. The Bertz CT molecular complexity index is 747. The van der Waals surface area contributed by atoms with Crippen molar-refractivity contribution in [2.45, 2.75) is 12.8 Å². The predicted octanol–water partition coefficient (Wildman–Crippen LogP) is 3.04. The predicted molar refractivity (Wildman–Crippen MR) is 92.6 cm³/mol. The monoisotopic (exact) mass is 317 g/mol. The topological polar surface area (TPSA) is 66.4 Å². The molecule has 0 fully saturated rings. The molecule has 1 unspecified atom stereocenters. The van der Waals surface area contributed by atoms with E-state index in [-0.39, 0.29) is 6.42 Å². The summed E-state index contributed by atoms with van der Waals surface area (Å²) in [5.41, 5.74) is 3.87. The molecule has 0 saturated carbocycles. The van der Waals surface area contributed by atoms with Crippen LogP contribution in [0.1, 0.15) is 12.0 Å². The van der Waals surface area contributed by atoms with Gasteiger partial charge in [-0.3, -0.25) is 4.79 Å². The number of aryl methyl sites for hydroxylation is 1. The minimum atomic E-state index is -2.27. The van der Waals surface area contributed by atoms with E-state index in [1.165, 1.54) is 0 Å². The van der Waals surface area contributed by atoms with Gasteiger partial charge in [0.1, 0.15) is 0 Å². The molecule has 2 aromatic carbocycles. The van der Waals surface area contributed by atoms with E-state index in [9.17, 15) is 9.00 Å². The molecule has 0 spiro atoms. The van der Waals surface area contributed by atoms with Crippen LogP contribution >= 0.6 is 0 Å². The number of hydrogen-bond donors (Lipinski definition) is 2. The molecule has 5 heteroatoms. The number of anilines is 1. The van der Waals surface area contributed by atoms with Gasteiger partial charge in [-0.1, -0.05) is 36.4 Å². The van der Waals surface area contributed by atoms with Crippen molar-refractivity contribution in [3.05, 3.63) is 54.1 Å². The fraction of sp³-hybridized carbons (Fsp3) is 0.176. The van der Waals surface area contributed by atoms with Crippen LogP contribution in [0.4, 0.5) is 5.69 Å². The minimum Gasteiger partial charge on any atom is -0.481 e. The molecule has 0 aliphatic heterocycles. The number of carboxylic acids is 1. The van der Waals surface area contributed by atoms with Crippen LogP contribution < -0.4 is 4.72 Å². The quantitative estimate of drug-likeness (QED) is 0.805. The van der Waals surface area contributed by atoms with Crippen LogP contribution in [0.15, 0.2) is 48.5 Å². The molecule has 116 valence electrons. The summed E-state index contributed by atoms with van der Waals surface area (Å²) in [5, 5.41) is 8.68. The van der Waals surface area contributed by atoms with Crippen molar-refractivity contribution in [3.8, 4) is 11.1 Å². The molecule has 2 N–H and O–H groups in total.